The highest BCUT2D eigenvalue weighted by molar-refractivity contribution is 7.90. The average Bonchev–Trinajstić information content (AvgIpc) is 3.25. The Morgan fingerprint density at radius 3 is 2.50 bits per heavy atom. The van der Waals surface area contributed by atoms with E-state index in [2.05, 4.69) is 10.3 Å². The highest BCUT2D eigenvalue weighted by Crippen LogP contribution is 2.34. The molecule has 0 atom stereocenters. The Hall–Kier alpha value is -4.45. The van der Waals surface area contributed by atoms with Crippen molar-refractivity contribution in [3.63, 3.8) is 0 Å². The van der Waals surface area contributed by atoms with Crippen LogP contribution in [0, 0.1) is 15.9 Å². The Labute approximate surface area is 192 Å². The second kappa shape index (κ2) is 8.83. The number of hydrogen-bond donors (Lipinski definition) is 3. The van der Waals surface area contributed by atoms with Crippen molar-refractivity contribution < 1.29 is 27.3 Å². The molecule has 0 aliphatic rings. The second-order valence-electron chi connectivity index (χ2n) is 7.11. The fourth-order valence-electron chi connectivity index (χ4n) is 3.29. The minimum Gasteiger partial charge on any atom is -0.497 e. The zero-order valence-electron chi connectivity index (χ0n) is 17.5. The number of rotatable bonds is 7. The fourth-order valence-corrected chi connectivity index (χ4v) is 4.26. The molecule has 1 aromatic heterocycles. The van der Waals surface area contributed by atoms with Crippen LogP contribution in [0.4, 0.5) is 21.5 Å². The van der Waals surface area contributed by atoms with Gasteiger partial charge in [-0.15, -0.1) is 0 Å². The molecule has 0 aliphatic carbocycles. The normalized spacial score (nSPS) is 11.2. The monoisotopic (exact) mass is 484 g/mol. The molecule has 3 aromatic carbocycles. The van der Waals surface area contributed by atoms with Gasteiger partial charge in [0, 0.05) is 28.9 Å². The van der Waals surface area contributed by atoms with E-state index in [1.165, 1.54) is 25.3 Å². The number of carbonyl (C=O) groups excluding carboxylic acids is 1. The van der Waals surface area contributed by atoms with Gasteiger partial charge in [0.1, 0.15) is 22.8 Å². The molecule has 0 saturated carbocycles. The van der Waals surface area contributed by atoms with E-state index in [1.54, 1.807) is 24.3 Å². The largest absolute Gasteiger partial charge is 0.497 e. The van der Waals surface area contributed by atoms with Crippen LogP contribution >= 0.6 is 0 Å². The quantitative estimate of drug-likeness (QED) is 0.265. The first kappa shape index (κ1) is 22.7. The minimum atomic E-state index is -4.30. The predicted molar refractivity (Wildman–Crippen MR) is 122 cm³/mol. The molecule has 1 amide bonds. The van der Waals surface area contributed by atoms with Crippen LogP contribution in [0.3, 0.4) is 0 Å². The number of nitro benzene ring substituents is 1. The highest BCUT2D eigenvalue weighted by Gasteiger charge is 2.23. The summed E-state index contributed by atoms with van der Waals surface area (Å²) >= 11 is 0. The van der Waals surface area contributed by atoms with Crippen molar-refractivity contribution in [2.45, 2.75) is 4.90 Å². The topological polar surface area (TPSA) is 143 Å². The Kier molecular flexibility index (Phi) is 5.90. The van der Waals surface area contributed by atoms with Gasteiger partial charge in [-0.3, -0.25) is 14.9 Å². The lowest BCUT2D eigenvalue weighted by Gasteiger charge is -2.09. The molecule has 0 fully saturated rings. The number of amides is 1. The Morgan fingerprint density at radius 1 is 1.09 bits per heavy atom. The van der Waals surface area contributed by atoms with Crippen molar-refractivity contribution in [2.75, 3.05) is 12.4 Å². The van der Waals surface area contributed by atoms with Gasteiger partial charge in [0.15, 0.2) is 0 Å². The summed E-state index contributed by atoms with van der Waals surface area (Å²) in [6.45, 7) is 0. The minimum absolute atomic E-state index is 0.0298. The maximum absolute atomic E-state index is 13.1. The van der Waals surface area contributed by atoms with Crippen LogP contribution in [0.2, 0.25) is 0 Å². The molecule has 12 heteroatoms. The second-order valence-corrected chi connectivity index (χ2v) is 8.79. The summed E-state index contributed by atoms with van der Waals surface area (Å²) in [7, 11) is -2.79. The number of nitro groups is 1. The molecule has 0 unspecified atom stereocenters. The molecular weight excluding hydrogens is 467 g/mol. The first-order chi connectivity index (χ1) is 16.2. The number of H-pyrrole nitrogens is 1. The van der Waals surface area contributed by atoms with Gasteiger partial charge in [-0.25, -0.2) is 17.5 Å². The van der Waals surface area contributed by atoms with E-state index >= 15 is 0 Å². The van der Waals surface area contributed by atoms with Gasteiger partial charge >= 0.3 is 0 Å². The standard InChI is InChI=1S/C22H17FN4O6S/c1-33-15-4-2-3-14(11-15)24-18-9-10-20(27(29)30)21-17(18)12-19(25-21)22(28)26-34(31,32)16-7-5-13(23)6-8-16/h2-12,24-25H,1H3,(H,26,28). The van der Waals surface area contributed by atoms with Gasteiger partial charge in [-0.1, -0.05) is 6.07 Å². The number of anilines is 2. The SMILES string of the molecule is COc1cccc(Nc2ccc([N+](=O)[O-])c3[nH]c(C(=O)NS(=O)(=O)c4ccc(F)cc4)cc23)c1. The van der Waals surface area contributed by atoms with Crippen molar-refractivity contribution in [3.8, 4) is 5.75 Å². The summed E-state index contributed by atoms with van der Waals surface area (Å²) < 4.78 is 45.1. The van der Waals surface area contributed by atoms with Crippen LogP contribution in [0.15, 0.2) is 71.6 Å². The predicted octanol–water partition coefficient (Wildman–Crippen LogP) is 4.09. The van der Waals surface area contributed by atoms with E-state index in [0.717, 1.165) is 24.3 Å². The number of fused-ring (bicyclic) bond motifs is 1. The van der Waals surface area contributed by atoms with Crippen LogP contribution in [0.1, 0.15) is 10.5 Å². The third-order valence-corrected chi connectivity index (χ3v) is 6.26. The fraction of sp³-hybridized carbons (Fsp3) is 0.0455. The van der Waals surface area contributed by atoms with Gasteiger partial charge in [0.2, 0.25) is 0 Å². The molecule has 0 radical (unpaired) electrons. The Balaban J connectivity index is 1.71. The van der Waals surface area contributed by atoms with E-state index in [1.807, 2.05) is 4.72 Å². The number of sulfonamides is 1. The van der Waals surface area contributed by atoms with Crippen LogP contribution in [-0.4, -0.2) is 31.3 Å². The van der Waals surface area contributed by atoms with Crippen LogP contribution < -0.4 is 14.8 Å². The van der Waals surface area contributed by atoms with E-state index < -0.39 is 26.7 Å². The van der Waals surface area contributed by atoms with Gasteiger partial charge in [-0.2, -0.15) is 0 Å². The number of methoxy groups -OCH3 is 1. The van der Waals surface area contributed by atoms with Crippen LogP contribution in [0.25, 0.3) is 10.9 Å². The molecule has 0 bridgehead atoms. The lowest BCUT2D eigenvalue weighted by molar-refractivity contribution is -0.383. The maximum Gasteiger partial charge on any atom is 0.293 e. The molecular formula is C22H17FN4O6S. The summed E-state index contributed by atoms with van der Waals surface area (Å²) in [6, 6.07) is 14.9. The molecule has 4 aromatic rings. The Morgan fingerprint density at radius 2 is 1.82 bits per heavy atom. The summed E-state index contributed by atoms with van der Waals surface area (Å²) in [5.74, 6) is -1.09. The average molecular weight is 484 g/mol. The molecule has 0 spiro atoms. The number of carbonyl (C=O) groups is 1. The van der Waals surface area contributed by atoms with Crippen molar-refractivity contribution >= 4 is 43.9 Å². The molecule has 0 aliphatic heterocycles. The van der Waals surface area contributed by atoms with Gasteiger partial charge in [0.05, 0.1) is 16.9 Å². The smallest absolute Gasteiger partial charge is 0.293 e. The first-order valence-corrected chi connectivity index (χ1v) is 11.2. The van der Waals surface area contributed by atoms with Crippen molar-refractivity contribution in [1.29, 1.82) is 0 Å². The van der Waals surface area contributed by atoms with Gasteiger partial charge in [0.25, 0.3) is 21.6 Å². The molecule has 174 valence electrons. The number of nitrogens with one attached hydrogen (secondary N) is 3. The zero-order valence-corrected chi connectivity index (χ0v) is 18.4. The van der Waals surface area contributed by atoms with E-state index in [-0.39, 0.29) is 21.8 Å². The summed E-state index contributed by atoms with van der Waals surface area (Å²) in [5, 5.41) is 14.9. The highest BCUT2D eigenvalue weighted by atomic mass is 32.2. The molecule has 1 heterocycles. The molecule has 34 heavy (non-hydrogen) atoms. The lowest BCUT2D eigenvalue weighted by atomic mass is 10.1. The number of halogens is 1. The van der Waals surface area contributed by atoms with Crippen molar-refractivity contribution in [1.82, 2.24) is 9.71 Å². The third kappa shape index (κ3) is 4.52. The molecule has 0 saturated heterocycles. The lowest BCUT2D eigenvalue weighted by Crippen LogP contribution is -2.30. The van der Waals surface area contributed by atoms with E-state index in [0.29, 0.717) is 22.5 Å². The number of non-ortho nitro benzene ring substituents is 1. The molecule has 4 rings (SSSR count). The number of ether oxygens (including phenoxy) is 1. The van der Waals surface area contributed by atoms with Crippen molar-refractivity contribution in [3.05, 3.63) is 88.4 Å². The number of nitrogens with zero attached hydrogens (tertiary/aromatic N) is 1. The molecule has 10 nitrogen and oxygen atoms in total. The molecule has 3 N–H and O–H groups in total. The van der Waals surface area contributed by atoms with Crippen LogP contribution in [0.5, 0.6) is 5.75 Å². The number of aromatic amines is 1. The van der Waals surface area contributed by atoms with Gasteiger partial charge in [-0.05, 0) is 48.5 Å². The summed E-state index contributed by atoms with van der Waals surface area (Å²) in [4.78, 5) is 25.9. The van der Waals surface area contributed by atoms with Crippen molar-refractivity contribution in [2.24, 2.45) is 0 Å². The maximum atomic E-state index is 13.1. The first-order valence-electron chi connectivity index (χ1n) is 9.72. The third-order valence-electron chi connectivity index (χ3n) is 4.91. The zero-order chi connectivity index (χ0) is 24.5. The number of benzene rings is 3. The van der Waals surface area contributed by atoms with E-state index in [9.17, 15) is 27.7 Å². The van der Waals surface area contributed by atoms with Crippen LogP contribution in [-0.2, 0) is 10.0 Å². The van der Waals surface area contributed by atoms with E-state index in [4.69, 9.17) is 4.74 Å². The summed E-state index contributed by atoms with van der Waals surface area (Å²) in [5.41, 5.74) is 0.573. The summed E-state index contributed by atoms with van der Waals surface area (Å²) in [6.07, 6.45) is 0. The number of hydrogen-bond acceptors (Lipinski definition) is 7. The van der Waals surface area contributed by atoms with Gasteiger partial charge < -0.3 is 15.0 Å². The Bertz CT molecular complexity index is 1520. The number of aromatic nitrogens is 1.